The highest BCUT2D eigenvalue weighted by Crippen LogP contribution is 2.40. The summed E-state index contributed by atoms with van der Waals surface area (Å²) >= 11 is 1.83. The molecule has 0 amide bonds. The summed E-state index contributed by atoms with van der Waals surface area (Å²) in [5.74, 6) is 0.413. The molecule has 1 rings (SSSR count). The lowest BCUT2D eigenvalue weighted by Crippen LogP contribution is -2.46. The SMILES string of the molecule is CCCOC(=O)C1NC(C(C)C)SC1(C)C. The number of hydrogen-bond donors (Lipinski definition) is 1. The van der Waals surface area contributed by atoms with E-state index in [1.165, 1.54) is 0 Å². The van der Waals surface area contributed by atoms with Crippen LogP contribution >= 0.6 is 11.8 Å². The number of carbonyl (C=O) groups is 1. The second-order valence-electron chi connectivity index (χ2n) is 5.15. The average Bonchev–Trinajstić information content (AvgIpc) is 2.51. The van der Waals surface area contributed by atoms with Gasteiger partial charge in [0.25, 0.3) is 0 Å². The lowest BCUT2D eigenvalue weighted by molar-refractivity contribution is -0.146. The molecule has 0 aromatic heterocycles. The van der Waals surface area contributed by atoms with Gasteiger partial charge in [0, 0.05) is 4.75 Å². The van der Waals surface area contributed by atoms with E-state index < -0.39 is 0 Å². The van der Waals surface area contributed by atoms with Crippen LogP contribution in [-0.2, 0) is 9.53 Å². The van der Waals surface area contributed by atoms with Crippen LogP contribution < -0.4 is 5.32 Å². The zero-order valence-corrected chi connectivity index (χ0v) is 11.7. The zero-order valence-electron chi connectivity index (χ0n) is 10.9. The molecule has 0 bridgehead atoms. The molecule has 16 heavy (non-hydrogen) atoms. The molecule has 1 N–H and O–H groups in total. The maximum atomic E-state index is 11.9. The molecule has 0 spiro atoms. The van der Waals surface area contributed by atoms with Crippen molar-refractivity contribution in [2.45, 2.75) is 57.2 Å². The third-order valence-corrected chi connectivity index (χ3v) is 4.52. The summed E-state index contributed by atoms with van der Waals surface area (Å²) in [6, 6.07) is -0.184. The fourth-order valence-corrected chi connectivity index (χ4v) is 3.19. The minimum Gasteiger partial charge on any atom is -0.464 e. The first kappa shape index (κ1) is 13.8. The van der Waals surface area contributed by atoms with E-state index in [1.807, 2.05) is 18.7 Å². The summed E-state index contributed by atoms with van der Waals surface area (Å²) < 4.78 is 5.14. The topological polar surface area (TPSA) is 38.3 Å². The molecular weight excluding hydrogens is 222 g/mol. The van der Waals surface area contributed by atoms with Crippen LogP contribution in [0.4, 0.5) is 0 Å². The van der Waals surface area contributed by atoms with Gasteiger partial charge < -0.3 is 4.74 Å². The quantitative estimate of drug-likeness (QED) is 0.772. The normalized spacial score (nSPS) is 28.4. The largest absolute Gasteiger partial charge is 0.464 e. The van der Waals surface area contributed by atoms with Gasteiger partial charge in [0.15, 0.2) is 0 Å². The van der Waals surface area contributed by atoms with Gasteiger partial charge in [0.05, 0.1) is 12.0 Å². The summed E-state index contributed by atoms with van der Waals surface area (Å²) in [4.78, 5) is 11.9. The standard InChI is InChI=1S/C12H23NO2S/c1-6-7-15-11(14)9-12(4,5)16-10(13-9)8(2)3/h8-10,13H,6-7H2,1-5H3. The van der Waals surface area contributed by atoms with Gasteiger partial charge in [-0.2, -0.15) is 0 Å². The van der Waals surface area contributed by atoms with Crippen molar-refractivity contribution in [3.8, 4) is 0 Å². The highest BCUT2D eigenvalue weighted by atomic mass is 32.2. The van der Waals surface area contributed by atoms with Gasteiger partial charge in [0.2, 0.25) is 0 Å². The van der Waals surface area contributed by atoms with E-state index in [-0.39, 0.29) is 16.8 Å². The van der Waals surface area contributed by atoms with Crippen LogP contribution in [0.15, 0.2) is 0 Å². The van der Waals surface area contributed by atoms with Crippen LogP contribution in [0.5, 0.6) is 0 Å². The van der Waals surface area contributed by atoms with Gasteiger partial charge in [-0.3, -0.25) is 10.1 Å². The minimum absolute atomic E-state index is 0.0836. The second kappa shape index (κ2) is 5.41. The summed E-state index contributed by atoms with van der Waals surface area (Å²) in [5, 5.41) is 3.72. The van der Waals surface area contributed by atoms with Crippen LogP contribution in [0.3, 0.4) is 0 Å². The predicted octanol–water partition coefficient (Wildman–Crippen LogP) is 2.41. The maximum Gasteiger partial charge on any atom is 0.324 e. The van der Waals surface area contributed by atoms with Gasteiger partial charge >= 0.3 is 5.97 Å². The Balaban J connectivity index is 2.62. The summed E-state index contributed by atoms with van der Waals surface area (Å²) in [6.07, 6.45) is 0.875. The van der Waals surface area contributed by atoms with E-state index in [2.05, 4.69) is 33.0 Å². The lowest BCUT2D eigenvalue weighted by atomic mass is 10.0. The number of rotatable bonds is 4. The third-order valence-electron chi connectivity index (χ3n) is 2.75. The summed E-state index contributed by atoms with van der Waals surface area (Å²) in [5.41, 5.74) is 0. The highest BCUT2D eigenvalue weighted by Gasteiger charge is 2.46. The molecular formula is C12H23NO2S. The first-order valence-corrected chi connectivity index (χ1v) is 6.87. The highest BCUT2D eigenvalue weighted by molar-refractivity contribution is 8.01. The van der Waals surface area contributed by atoms with Gasteiger partial charge in [-0.25, -0.2) is 0 Å². The van der Waals surface area contributed by atoms with Gasteiger partial charge in [-0.1, -0.05) is 20.8 Å². The molecule has 1 aliphatic rings. The molecule has 3 nitrogen and oxygen atoms in total. The fraction of sp³-hybridized carbons (Fsp3) is 0.917. The molecule has 0 radical (unpaired) electrons. The van der Waals surface area contributed by atoms with Crippen molar-refractivity contribution < 1.29 is 9.53 Å². The molecule has 0 aromatic carbocycles. The third kappa shape index (κ3) is 3.14. The number of hydrogen-bond acceptors (Lipinski definition) is 4. The Hall–Kier alpha value is -0.220. The van der Waals surface area contributed by atoms with E-state index in [0.717, 1.165) is 6.42 Å². The Bertz CT molecular complexity index is 253. The lowest BCUT2D eigenvalue weighted by Gasteiger charge is -2.23. The maximum absolute atomic E-state index is 11.9. The molecule has 0 aliphatic carbocycles. The van der Waals surface area contributed by atoms with Crippen molar-refractivity contribution in [3.63, 3.8) is 0 Å². The molecule has 2 atom stereocenters. The Morgan fingerprint density at radius 3 is 2.56 bits per heavy atom. The Morgan fingerprint density at radius 1 is 1.50 bits per heavy atom. The Labute approximate surface area is 103 Å². The second-order valence-corrected chi connectivity index (χ2v) is 6.95. The number of thioether (sulfide) groups is 1. The van der Waals surface area contributed by atoms with Crippen molar-refractivity contribution in [2.24, 2.45) is 5.92 Å². The number of ether oxygens (including phenoxy) is 1. The molecule has 94 valence electrons. The van der Waals surface area contributed by atoms with Crippen molar-refractivity contribution in [1.29, 1.82) is 0 Å². The minimum atomic E-state index is -0.184. The van der Waals surface area contributed by atoms with Crippen molar-refractivity contribution in [1.82, 2.24) is 5.32 Å². The summed E-state index contributed by atoms with van der Waals surface area (Å²) in [7, 11) is 0. The first-order chi connectivity index (χ1) is 7.38. The van der Waals surface area contributed by atoms with Gasteiger partial charge in [-0.05, 0) is 26.2 Å². The van der Waals surface area contributed by atoms with E-state index in [1.54, 1.807) is 0 Å². The Morgan fingerprint density at radius 2 is 2.12 bits per heavy atom. The van der Waals surface area contributed by atoms with E-state index in [9.17, 15) is 4.79 Å². The number of carbonyl (C=O) groups excluding carboxylic acids is 1. The molecule has 1 saturated heterocycles. The summed E-state index contributed by atoms with van der Waals surface area (Å²) in [6.45, 7) is 11.1. The first-order valence-electron chi connectivity index (χ1n) is 5.99. The average molecular weight is 245 g/mol. The smallest absolute Gasteiger partial charge is 0.324 e. The van der Waals surface area contributed by atoms with E-state index in [4.69, 9.17) is 4.74 Å². The molecule has 1 heterocycles. The van der Waals surface area contributed by atoms with Crippen LogP contribution in [0.25, 0.3) is 0 Å². The van der Waals surface area contributed by atoms with Crippen molar-refractivity contribution >= 4 is 17.7 Å². The van der Waals surface area contributed by atoms with Gasteiger partial charge in [0.1, 0.15) is 6.04 Å². The monoisotopic (exact) mass is 245 g/mol. The molecule has 4 heteroatoms. The van der Waals surface area contributed by atoms with Crippen LogP contribution in [0.2, 0.25) is 0 Å². The van der Waals surface area contributed by atoms with E-state index >= 15 is 0 Å². The van der Waals surface area contributed by atoms with Crippen LogP contribution in [0, 0.1) is 5.92 Å². The molecule has 1 fully saturated rings. The van der Waals surface area contributed by atoms with Gasteiger partial charge in [-0.15, -0.1) is 11.8 Å². The number of nitrogens with one attached hydrogen (secondary N) is 1. The zero-order chi connectivity index (χ0) is 12.3. The molecule has 2 unspecified atom stereocenters. The van der Waals surface area contributed by atoms with Crippen LogP contribution in [0.1, 0.15) is 41.0 Å². The fourth-order valence-electron chi connectivity index (χ4n) is 1.76. The molecule has 1 aliphatic heterocycles. The van der Waals surface area contributed by atoms with E-state index in [0.29, 0.717) is 17.9 Å². The van der Waals surface area contributed by atoms with Crippen LogP contribution in [-0.4, -0.2) is 28.7 Å². The molecule has 0 saturated carbocycles. The molecule has 0 aromatic rings. The predicted molar refractivity (Wildman–Crippen MR) is 68.5 cm³/mol. The van der Waals surface area contributed by atoms with Crippen molar-refractivity contribution in [3.05, 3.63) is 0 Å². The number of esters is 1. The Kier molecular flexibility index (Phi) is 4.68. The van der Waals surface area contributed by atoms with Crippen molar-refractivity contribution in [2.75, 3.05) is 6.61 Å².